The lowest BCUT2D eigenvalue weighted by Crippen LogP contribution is -2.24. The molecule has 0 spiro atoms. The second-order valence-corrected chi connectivity index (χ2v) is 7.00. The minimum atomic E-state index is -0.0972. The topological polar surface area (TPSA) is 32.8 Å². The Hall–Kier alpha value is -2.79. The maximum absolute atomic E-state index is 12.8. The first-order valence-corrected chi connectivity index (χ1v) is 8.91. The Morgan fingerprint density at radius 3 is 2.54 bits per heavy atom. The summed E-state index contributed by atoms with van der Waals surface area (Å²) in [6, 6.07) is 12.1. The van der Waals surface area contributed by atoms with E-state index in [-0.39, 0.29) is 5.91 Å². The fourth-order valence-corrected chi connectivity index (χ4v) is 3.32. The second-order valence-electron chi connectivity index (χ2n) is 5.92. The molecule has 0 N–H and O–H groups in total. The molecule has 2 aromatic rings. The van der Waals surface area contributed by atoms with Gasteiger partial charge >= 0.3 is 0 Å². The highest BCUT2D eigenvalue weighted by atomic mass is 32.1. The van der Waals surface area contributed by atoms with Crippen LogP contribution in [0.2, 0.25) is 0 Å². The lowest BCUT2D eigenvalue weighted by molar-refractivity contribution is 0.0844. The molecule has 5 heteroatoms. The average molecular weight is 369 g/mol. The molecule has 1 heterocycles. The first kappa shape index (κ1) is 19.5. The number of nitrogens with zero attached hydrogens (tertiary/aromatic N) is 2. The number of hydrogen-bond donors (Lipinski definition) is 0. The van der Waals surface area contributed by atoms with Crippen LogP contribution in [0.3, 0.4) is 0 Å². The van der Waals surface area contributed by atoms with Crippen molar-refractivity contribution in [3.63, 3.8) is 0 Å². The van der Waals surface area contributed by atoms with Gasteiger partial charge in [-0.2, -0.15) is 0 Å². The lowest BCUT2D eigenvalue weighted by atomic mass is 10.1. The molecule has 136 valence electrons. The molecule has 4 nitrogen and oxygen atoms in total. The number of methoxy groups -OCH3 is 1. The molecule has 0 saturated heterocycles. The number of carbonyl (C=O) groups excluding carboxylic acids is 1. The molecule has 0 saturated carbocycles. The third-order valence-electron chi connectivity index (χ3n) is 3.94. The van der Waals surface area contributed by atoms with Crippen molar-refractivity contribution in [2.24, 2.45) is 0 Å². The van der Waals surface area contributed by atoms with Crippen molar-refractivity contribution in [2.45, 2.75) is 0 Å². The van der Waals surface area contributed by atoms with E-state index in [9.17, 15) is 4.79 Å². The van der Waals surface area contributed by atoms with Gasteiger partial charge in [0.1, 0.15) is 5.76 Å². The van der Waals surface area contributed by atoms with E-state index in [2.05, 4.69) is 36.3 Å². The number of benzene rings is 1. The molecule has 1 amide bonds. The quantitative estimate of drug-likeness (QED) is 0.521. The van der Waals surface area contributed by atoms with Crippen molar-refractivity contribution < 1.29 is 9.53 Å². The molecule has 0 aliphatic heterocycles. The van der Waals surface area contributed by atoms with Gasteiger partial charge < -0.3 is 14.5 Å². The van der Waals surface area contributed by atoms with E-state index >= 15 is 0 Å². The van der Waals surface area contributed by atoms with E-state index in [4.69, 9.17) is 4.74 Å². The summed E-state index contributed by atoms with van der Waals surface area (Å²) >= 11 is 1.47. The van der Waals surface area contributed by atoms with Crippen molar-refractivity contribution in [3.8, 4) is 10.4 Å². The first-order valence-electron chi connectivity index (χ1n) is 8.10. The molecule has 26 heavy (non-hydrogen) atoms. The van der Waals surface area contributed by atoms with Crippen LogP contribution in [0.5, 0.6) is 0 Å². The summed E-state index contributed by atoms with van der Waals surface area (Å²) in [5.41, 5.74) is 2.84. The van der Waals surface area contributed by atoms with E-state index in [0.29, 0.717) is 16.3 Å². The predicted octanol–water partition coefficient (Wildman–Crippen LogP) is 4.78. The van der Waals surface area contributed by atoms with Gasteiger partial charge in [0.2, 0.25) is 0 Å². The van der Waals surface area contributed by atoms with Crippen LogP contribution in [0.15, 0.2) is 73.2 Å². The van der Waals surface area contributed by atoms with Gasteiger partial charge in [-0.15, -0.1) is 11.3 Å². The summed E-state index contributed by atoms with van der Waals surface area (Å²) in [6.45, 7) is 7.52. The molecule has 0 aliphatic carbocycles. The van der Waals surface area contributed by atoms with E-state index in [1.807, 2.05) is 32.3 Å². The zero-order chi connectivity index (χ0) is 19.3. The normalized spacial score (nSPS) is 11.0. The van der Waals surface area contributed by atoms with Crippen LogP contribution in [-0.2, 0) is 4.74 Å². The predicted molar refractivity (Wildman–Crippen MR) is 111 cm³/mol. The summed E-state index contributed by atoms with van der Waals surface area (Å²) in [4.78, 5) is 18.1. The Balaban J connectivity index is 2.27. The average Bonchev–Trinajstić information content (AvgIpc) is 3.14. The highest BCUT2D eigenvalue weighted by Crippen LogP contribution is 2.31. The summed E-state index contributed by atoms with van der Waals surface area (Å²) in [5.74, 6) is 0.368. The van der Waals surface area contributed by atoms with Crippen LogP contribution in [0.1, 0.15) is 9.67 Å². The smallest absolute Gasteiger partial charge is 0.268 e. The Bertz CT molecular complexity index is 849. The van der Waals surface area contributed by atoms with Gasteiger partial charge in [-0.25, -0.2) is 0 Å². The Kier molecular flexibility index (Phi) is 6.41. The largest absolute Gasteiger partial charge is 0.497 e. The van der Waals surface area contributed by atoms with Crippen LogP contribution < -0.4 is 4.90 Å². The molecule has 0 aliphatic rings. The number of hydrogen-bond acceptors (Lipinski definition) is 4. The zero-order valence-electron chi connectivity index (χ0n) is 15.7. The fraction of sp³-hybridized carbons (Fsp3) is 0.190. The highest BCUT2D eigenvalue weighted by Gasteiger charge is 2.17. The summed E-state index contributed by atoms with van der Waals surface area (Å²) in [6.07, 6.45) is 3.29. The van der Waals surface area contributed by atoms with Crippen LogP contribution in [0, 0.1) is 0 Å². The van der Waals surface area contributed by atoms with Crippen LogP contribution in [0.4, 0.5) is 5.69 Å². The maximum atomic E-state index is 12.8. The van der Waals surface area contributed by atoms with E-state index in [1.165, 1.54) is 18.4 Å². The number of rotatable bonds is 7. The number of thiophene rings is 1. The third-order valence-corrected chi connectivity index (χ3v) is 5.06. The summed E-state index contributed by atoms with van der Waals surface area (Å²) < 4.78 is 5.05. The summed E-state index contributed by atoms with van der Waals surface area (Å²) in [7, 11) is 7.27. The van der Waals surface area contributed by atoms with Crippen LogP contribution in [-0.4, -0.2) is 39.1 Å². The second kappa shape index (κ2) is 8.54. The monoisotopic (exact) mass is 368 g/mol. The summed E-state index contributed by atoms with van der Waals surface area (Å²) in [5, 5.41) is 0. The van der Waals surface area contributed by atoms with E-state index in [0.717, 1.165) is 16.1 Å². The van der Waals surface area contributed by atoms with Crippen LogP contribution in [0.25, 0.3) is 10.4 Å². The molecular formula is C21H24N2O2S. The van der Waals surface area contributed by atoms with Crippen LogP contribution >= 0.6 is 11.3 Å². The van der Waals surface area contributed by atoms with Gasteiger partial charge in [0.25, 0.3) is 5.91 Å². The molecule has 1 aromatic carbocycles. The first-order chi connectivity index (χ1) is 12.4. The van der Waals surface area contributed by atoms with Gasteiger partial charge in [0.15, 0.2) is 0 Å². The van der Waals surface area contributed by atoms with Crippen molar-refractivity contribution in [3.05, 3.63) is 78.0 Å². The van der Waals surface area contributed by atoms with Crippen molar-refractivity contribution in [1.29, 1.82) is 0 Å². The van der Waals surface area contributed by atoms with Gasteiger partial charge in [0.05, 0.1) is 12.0 Å². The number of amides is 1. The molecule has 1 aromatic heterocycles. The Morgan fingerprint density at radius 2 is 1.92 bits per heavy atom. The molecule has 2 rings (SSSR count). The van der Waals surface area contributed by atoms with Crippen molar-refractivity contribution in [2.75, 3.05) is 33.2 Å². The standard InChI is InChI=1S/C21H24N2O2S/c1-7-17(13-15(2)25-6)23(5)21(24)20-12-11-19(26-20)16-9-8-10-18(14-16)22(3)4/h7-14H,1-2H2,3-6H3/b17-13+. The van der Waals surface area contributed by atoms with E-state index < -0.39 is 0 Å². The Labute approximate surface area is 159 Å². The number of carbonyl (C=O) groups is 1. The van der Waals surface area contributed by atoms with Gasteiger partial charge in [-0.3, -0.25) is 4.79 Å². The molecular weight excluding hydrogens is 344 g/mol. The van der Waals surface area contributed by atoms with Crippen molar-refractivity contribution >= 4 is 22.9 Å². The number of likely N-dealkylation sites (N-methyl/N-ethyl adjacent to an activating group) is 1. The van der Waals surface area contributed by atoms with Gasteiger partial charge in [0, 0.05) is 43.5 Å². The van der Waals surface area contributed by atoms with Gasteiger partial charge in [-0.1, -0.05) is 25.3 Å². The third kappa shape index (κ3) is 4.43. The molecule has 0 bridgehead atoms. The SMILES string of the molecule is C=C/C(=C\C(=C)OC)N(C)C(=O)c1ccc(-c2cccc(N(C)C)c2)s1. The number of ether oxygens (including phenoxy) is 1. The number of anilines is 1. The molecule has 0 radical (unpaired) electrons. The highest BCUT2D eigenvalue weighted by molar-refractivity contribution is 7.17. The van der Waals surface area contributed by atoms with Crippen molar-refractivity contribution in [1.82, 2.24) is 4.90 Å². The minimum absolute atomic E-state index is 0.0972. The lowest BCUT2D eigenvalue weighted by Gasteiger charge is -2.17. The van der Waals surface area contributed by atoms with E-state index in [1.54, 1.807) is 24.1 Å². The number of allylic oxidation sites excluding steroid dienone is 2. The fourth-order valence-electron chi connectivity index (χ4n) is 2.34. The molecule has 0 atom stereocenters. The van der Waals surface area contributed by atoms with Gasteiger partial charge in [-0.05, 0) is 35.9 Å². The molecule has 0 unspecified atom stereocenters. The zero-order valence-corrected chi connectivity index (χ0v) is 16.5. The Morgan fingerprint density at radius 1 is 1.19 bits per heavy atom. The molecule has 0 fully saturated rings. The maximum Gasteiger partial charge on any atom is 0.268 e. The minimum Gasteiger partial charge on any atom is -0.497 e.